The first-order chi connectivity index (χ1) is 14.8. The molecule has 3 heterocycles. The quantitative estimate of drug-likeness (QED) is 0.728. The van der Waals surface area contributed by atoms with Gasteiger partial charge in [0.25, 0.3) is 5.91 Å². The summed E-state index contributed by atoms with van der Waals surface area (Å²) < 4.78 is 26.4. The second kappa shape index (κ2) is 8.49. The Bertz CT molecular complexity index is 1090. The number of nitrogens with zero attached hydrogens (tertiary/aromatic N) is 4. The number of amides is 1. The molecule has 0 radical (unpaired) electrons. The minimum Gasteiger partial charge on any atom is -0.353 e. The summed E-state index contributed by atoms with van der Waals surface area (Å²) >= 11 is 0. The number of carbonyl (C=O) groups is 1. The van der Waals surface area contributed by atoms with E-state index in [1.54, 1.807) is 6.07 Å². The number of piperazine rings is 1. The fourth-order valence-electron chi connectivity index (χ4n) is 4.48. The predicted octanol–water partition coefficient (Wildman–Crippen LogP) is 2.76. The molecule has 2 aliphatic heterocycles. The van der Waals surface area contributed by atoms with Gasteiger partial charge in [0.15, 0.2) is 0 Å². The largest absolute Gasteiger partial charge is 0.353 e. The van der Waals surface area contributed by atoms with Gasteiger partial charge >= 0.3 is 0 Å². The molecule has 2 saturated heterocycles. The summed E-state index contributed by atoms with van der Waals surface area (Å²) in [6.07, 6.45) is 3.48. The van der Waals surface area contributed by atoms with Crippen molar-refractivity contribution in [2.24, 2.45) is 0 Å². The van der Waals surface area contributed by atoms with E-state index in [1.807, 2.05) is 30.2 Å². The first-order valence-electron chi connectivity index (χ1n) is 10.9. The molecular formula is C23H30N4O3S. The van der Waals surface area contributed by atoms with Crippen LogP contribution in [-0.2, 0) is 16.4 Å². The highest BCUT2D eigenvalue weighted by Crippen LogP contribution is 2.31. The molecule has 0 aliphatic carbocycles. The number of hydrogen-bond acceptors (Lipinski definition) is 5. The minimum absolute atomic E-state index is 0.0964. The molecule has 2 aromatic rings. The fourth-order valence-corrected chi connectivity index (χ4v) is 6.05. The molecule has 0 unspecified atom stereocenters. The Labute approximate surface area is 184 Å². The molecule has 1 aromatic carbocycles. The summed E-state index contributed by atoms with van der Waals surface area (Å²) in [5.41, 5.74) is 4.19. The van der Waals surface area contributed by atoms with Crippen molar-refractivity contribution in [1.82, 2.24) is 9.88 Å². The Balaban J connectivity index is 1.53. The van der Waals surface area contributed by atoms with Gasteiger partial charge in [0.1, 0.15) is 5.82 Å². The van der Waals surface area contributed by atoms with E-state index in [0.717, 1.165) is 23.4 Å². The number of aromatic nitrogens is 1. The van der Waals surface area contributed by atoms with Crippen LogP contribution in [0, 0.1) is 13.8 Å². The van der Waals surface area contributed by atoms with Crippen molar-refractivity contribution < 1.29 is 13.2 Å². The lowest BCUT2D eigenvalue weighted by Gasteiger charge is -2.37. The SMILES string of the molecule is CCc1cnc(N2CCN(C(=O)c3c(C)cccc3N3CCCS3(=O)=O)CC2)c(C)c1. The van der Waals surface area contributed by atoms with E-state index >= 15 is 0 Å². The molecule has 4 rings (SSSR count). The monoisotopic (exact) mass is 442 g/mol. The van der Waals surface area contributed by atoms with Crippen LogP contribution in [0.25, 0.3) is 0 Å². The zero-order chi connectivity index (χ0) is 22.2. The standard InChI is InChI=1S/C23H30N4O3S/c1-4-19-15-18(3)22(24-16-19)25-10-12-26(13-11-25)23(28)21-17(2)7-5-8-20(21)27-9-6-14-31(27,29)30/h5,7-8,15-16H,4,6,9-14H2,1-3H3. The van der Waals surface area contributed by atoms with E-state index in [9.17, 15) is 13.2 Å². The van der Waals surface area contributed by atoms with Crippen molar-refractivity contribution in [1.29, 1.82) is 0 Å². The maximum Gasteiger partial charge on any atom is 0.256 e. The van der Waals surface area contributed by atoms with Crippen LogP contribution in [0.15, 0.2) is 30.5 Å². The lowest BCUT2D eigenvalue weighted by atomic mass is 10.0. The van der Waals surface area contributed by atoms with E-state index in [4.69, 9.17) is 0 Å². The molecule has 0 saturated carbocycles. The third-order valence-electron chi connectivity index (χ3n) is 6.21. The van der Waals surface area contributed by atoms with E-state index in [2.05, 4.69) is 29.8 Å². The molecular weight excluding hydrogens is 412 g/mol. The Morgan fingerprint density at radius 2 is 1.81 bits per heavy atom. The van der Waals surface area contributed by atoms with Gasteiger partial charge < -0.3 is 9.80 Å². The van der Waals surface area contributed by atoms with Gasteiger partial charge in [0.05, 0.1) is 17.0 Å². The zero-order valence-electron chi connectivity index (χ0n) is 18.5. The van der Waals surface area contributed by atoms with Gasteiger partial charge in [-0.2, -0.15) is 0 Å². The normalized spacial score (nSPS) is 18.5. The van der Waals surface area contributed by atoms with E-state index in [0.29, 0.717) is 50.4 Å². The van der Waals surface area contributed by atoms with Crippen LogP contribution in [0.1, 0.15) is 40.4 Å². The first-order valence-corrected chi connectivity index (χ1v) is 12.5. The lowest BCUT2D eigenvalue weighted by molar-refractivity contribution is 0.0746. The van der Waals surface area contributed by atoms with Crippen molar-refractivity contribution in [2.45, 2.75) is 33.6 Å². The van der Waals surface area contributed by atoms with Gasteiger partial charge in [0.2, 0.25) is 10.0 Å². The summed E-state index contributed by atoms with van der Waals surface area (Å²) in [4.78, 5) is 22.2. The lowest BCUT2D eigenvalue weighted by Crippen LogP contribution is -2.49. The Kier molecular flexibility index (Phi) is 5.92. The van der Waals surface area contributed by atoms with Crippen molar-refractivity contribution >= 4 is 27.4 Å². The number of anilines is 2. The predicted molar refractivity (Wildman–Crippen MR) is 123 cm³/mol. The van der Waals surface area contributed by atoms with Gasteiger partial charge in [0, 0.05) is 38.9 Å². The van der Waals surface area contributed by atoms with Crippen LogP contribution in [0.5, 0.6) is 0 Å². The third kappa shape index (κ3) is 4.13. The van der Waals surface area contributed by atoms with Crippen LogP contribution < -0.4 is 9.21 Å². The summed E-state index contributed by atoms with van der Waals surface area (Å²) in [5, 5.41) is 0. The molecule has 2 fully saturated rings. The van der Waals surface area contributed by atoms with E-state index in [1.165, 1.54) is 9.87 Å². The summed E-state index contributed by atoms with van der Waals surface area (Å²) in [5.74, 6) is 1.01. The Morgan fingerprint density at radius 1 is 1.06 bits per heavy atom. The number of carbonyl (C=O) groups excluding carboxylic acids is 1. The number of sulfonamides is 1. The topological polar surface area (TPSA) is 73.8 Å². The highest BCUT2D eigenvalue weighted by atomic mass is 32.2. The molecule has 0 atom stereocenters. The van der Waals surface area contributed by atoms with Gasteiger partial charge in [-0.05, 0) is 49.4 Å². The Hall–Kier alpha value is -2.61. The average molecular weight is 443 g/mol. The number of pyridine rings is 1. The number of benzene rings is 1. The molecule has 1 amide bonds. The van der Waals surface area contributed by atoms with Crippen LogP contribution >= 0.6 is 0 Å². The van der Waals surface area contributed by atoms with Crippen LogP contribution in [0.3, 0.4) is 0 Å². The molecule has 31 heavy (non-hydrogen) atoms. The van der Waals surface area contributed by atoms with Crippen LogP contribution in [0.4, 0.5) is 11.5 Å². The second-order valence-electron chi connectivity index (χ2n) is 8.33. The molecule has 166 valence electrons. The van der Waals surface area contributed by atoms with E-state index in [-0.39, 0.29) is 11.7 Å². The summed E-state index contributed by atoms with van der Waals surface area (Å²) in [7, 11) is -3.35. The molecule has 1 aromatic heterocycles. The number of hydrogen-bond donors (Lipinski definition) is 0. The first kappa shape index (κ1) is 21.6. The van der Waals surface area contributed by atoms with Crippen LogP contribution in [0.2, 0.25) is 0 Å². The van der Waals surface area contributed by atoms with Crippen molar-refractivity contribution in [3.63, 3.8) is 0 Å². The van der Waals surface area contributed by atoms with Gasteiger partial charge in [-0.25, -0.2) is 13.4 Å². The average Bonchev–Trinajstić information content (AvgIpc) is 3.12. The highest BCUT2D eigenvalue weighted by molar-refractivity contribution is 7.93. The third-order valence-corrected chi connectivity index (χ3v) is 8.07. The second-order valence-corrected chi connectivity index (χ2v) is 10.3. The molecule has 8 heteroatoms. The molecule has 0 N–H and O–H groups in total. The van der Waals surface area contributed by atoms with Gasteiger partial charge in [-0.15, -0.1) is 0 Å². The molecule has 2 aliphatic rings. The maximum absolute atomic E-state index is 13.5. The maximum atomic E-state index is 13.5. The van der Waals surface area contributed by atoms with Crippen molar-refractivity contribution in [3.8, 4) is 0 Å². The van der Waals surface area contributed by atoms with Crippen molar-refractivity contribution in [3.05, 3.63) is 52.7 Å². The van der Waals surface area contributed by atoms with Gasteiger partial charge in [-0.1, -0.05) is 25.1 Å². The summed E-state index contributed by atoms with van der Waals surface area (Å²) in [6, 6.07) is 7.62. The molecule has 0 spiro atoms. The highest BCUT2D eigenvalue weighted by Gasteiger charge is 2.33. The molecule has 0 bridgehead atoms. The smallest absolute Gasteiger partial charge is 0.256 e. The fraction of sp³-hybridized carbons (Fsp3) is 0.478. The number of rotatable bonds is 4. The Morgan fingerprint density at radius 3 is 2.42 bits per heavy atom. The van der Waals surface area contributed by atoms with Crippen LogP contribution in [-0.4, -0.2) is 62.7 Å². The zero-order valence-corrected chi connectivity index (χ0v) is 19.3. The van der Waals surface area contributed by atoms with Crippen molar-refractivity contribution in [2.75, 3.05) is 47.7 Å². The van der Waals surface area contributed by atoms with E-state index < -0.39 is 10.0 Å². The molecule has 7 nitrogen and oxygen atoms in total. The summed E-state index contributed by atoms with van der Waals surface area (Å²) in [6.45, 7) is 9.06. The minimum atomic E-state index is -3.35. The number of aryl methyl sites for hydroxylation is 3. The van der Waals surface area contributed by atoms with Gasteiger partial charge in [-0.3, -0.25) is 9.10 Å².